The minimum absolute atomic E-state index is 0.529. The van der Waals surface area contributed by atoms with E-state index in [9.17, 15) is 0 Å². The van der Waals surface area contributed by atoms with Gasteiger partial charge in [-0.05, 0) is 57.5 Å². The van der Waals surface area contributed by atoms with Gasteiger partial charge in [0.1, 0.15) is 0 Å². The Balaban J connectivity index is 1.72. The monoisotopic (exact) mass is 440 g/mol. The molecule has 1 aliphatic heterocycles. The molecule has 0 saturated carbocycles. The maximum atomic E-state index is 5.83. The standard InChI is InChI=1S/C23H36N8O/c1-6-11-31(12-7-2)22-27-21(28-23(29-22)32-13-10-24-5)15-25-30-18-8-9-20-19(14-18)16(3)17(4)26-20/h8-9,14-15,23-24,26,30H,6-7,10-13H2,1-5H3,(H,27,28,29)/b25-15+. The van der Waals surface area contributed by atoms with Gasteiger partial charge in [-0.3, -0.25) is 5.43 Å². The second-order valence-corrected chi connectivity index (χ2v) is 7.89. The molecule has 0 spiro atoms. The van der Waals surface area contributed by atoms with E-state index in [-0.39, 0.29) is 0 Å². The van der Waals surface area contributed by atoms with Gasteiger partial charge in [-0.1, -0.05) is 13.8 Å². The summed E-state index contributed by atoms with van der Waals surface area (Å²) in [4.78, 5) is 14.8. The fourth-order valence-electron chi connectivity index (χ4n) is 3.56. The number of benzene rings is 1. The number of anilines is 1. The summed E-state index contributed by atoms with van der Waals surface area (Å²) in [7, 11) is 1.89. The molecule has 9 nitrogen and oxygen atoms in total. The van der Waals surface area contributed by atoms with Crippen LogP contribution in [-0.4, -0.2) is 67.5 Å². The highest BCUT2D eigenvalue weighted by Crippen LogP contribution is 2.24. The summed E-state index contributed by atoms with van der Waals surface area (Å²) >= 11 is 0. The normalized spacial score (nSPS) is 16.2. The van der Waals surface area contributed by atoms with Crippen LogP contribution in [-0.2, 0) is 4.74 Å². The Bertz CT molecular complexity index is 972. The Labute approximate surface area is 190 Å². The minimum Gasteiger partial charge on any atom is -0.358 e. The van der Waals surface area contributed by atoms with Crippen molar-refractivity contribution < 1.29 is 4.74 Å². The van der Waals surface area contributed by atoms with Crippen molar-refractivity contribution in [1.29, 1.82) is 0 Å². The zero-order valence-corrected chi connectivity index (χ0v) is 19.8. The molecular formula is C23H36N8O. The van der Waals surface area contributed by atoms with Crippen molar-refractivity contribution in [2.24, 2.45) is 15.1 Å². The van der Waals surface area contributed by atoms with Gasteiger partial charge < -0.3 is 25.3 Å². The number of likely N-dealkylation sites (N-methyl/N-ethyl adjacent to an activating group) is 1. The predicted molar refractivity (Wildman–Crippen MR) is 134 cm³/mol. The van der Waals surface area contributed by atoms with Gasteiger partial charge in [0, 0.05) is 36.2 Å². The first kappa shape index (κ1) is 23.7. The summed E-state index contributed by atoms with van der Waals surface area (Å²) in [5.41, 5.74) is 7.59. The van der Waals surface area contributed by atoms with Gasteiger partial charge in [-0.2, -0.15) is 10.1 Å². The van der Waals surface area contributed by atoms with Gasteiger partial charge >= 0.3 is 0 Å². The zero-order chi connectivity index (χ0) is 22.9. The third-order valence-electron chi connectivity index (χ3n) is 5.32. The molecule has 0 radical (unpaired) electrons. The van der Waals surface area contributed by atoms with E-state index in [0.717, 1.165) is 49.6 Å². The Morgan fingerprint density at radius 1 is 1.19 bits per heavy atom. The molecule has 0 bridgehead atoms. The van der Waals surface area contributed by atoms with Crippen LogP contribution in [0.2, 0.25) is 0 Å². The molecule has 9 heteroatoms. The Kier molecular flexibility index (Phi) is 8.64. The number of hydrogen-bond acceptors (Lipinski definition) is 8. The predicted octanol–water partition coefficient (Wildman–Crippen LogP) is 3.18. The van der Waals surface area contributed by atoms with E-state index in [4.69, 9.17) is 4.74 Å². The number of fused-ring (bicyclic) bond motifs is 1. The van der Waals surface area contributed by atoms with E-state index in [0.29, 0.717) is 12.4 Å². The van der Waals surface area contributed by atoms with Gasteiger partial charge in [-0.25, -0.2) is 4.99 Å². The highest BCUT2D eigenvalue weighted by Gasteiger charge is 2.20. The largest absolute Gasteiger partial charge is 0.358 e. The van der Waals surface area contributed by atoms with Gasteiger partial charge in [-0.15, -0.1) is 0 Å². The lowest BCUT2D eigenvalue weighted by Crippen LogP contribution is -2.48. The van der Waals surface area contributed by atoms with E-state index in [1.54, 1.807) is 6.21 Å². The first-order valence-corrected chi connectivity index (χ1v) is 11.4. The van der Waals surface area contributed by atoms with Crippen LogP contribution in [0.3, 0.4) is 0 Å². The van der Waals surface area contributed by atoms with Crippen molar-refractivity contribution in [3.05, 3.63) is 29.5 Å². The molecule has 0 amide bonds. The summed E-state index contributed by atoms with van der Waals surface area (Å²) < 4.78 is 5.83. The van der Waals surface area contributed by atoms with E-state index in [1.807, 2.05) is 13.1 Å². The molecule has 174 valence electrons. The number of rotatable bonds is 11. The first-order chi connectivity index (χ1) is 15.5. The van der Waals surface area contributed by atoms with Crippen molar-refractivity contribution in [2.75, 3.05) is 38.7 Å². The molecule has 0 aliphatic carbocycles. The van der Waals surface area contributed by atoms with Crippen molar-refractivity contribution >= 4 is 34.6 Å². The van der Waals surface area contributed by atoms with E-state index < -0.39 is 6.35 Å². The molecule has 32 heavy (non-hydrogen) atoms. The van der Waals surface area contributed by atoms with Crippen molar-refractivity contribution in [3.63, 3.8) is 0 Å². The fraction of sp³-hybridized carbons (Fsp3) is 0.522. The van der Waals surface area contributed by atoms with Crippen molar-refractivity contribution in [2.45, 2.75) is 46.9 Å². The third-order valence-corrected chi connectivity index (χ3v) is 5.32. The SMILES string of the molecule is CCCN(CCC)C1=NC(OCCNC)N=C(/C=N/Nc2ccc3[nH]c(C)c(C)c3c2)N1. The molecule has 1 aliphatic rings. The number of aromatic amines is 1. The number of aryl methyl sites for hydroxylation is 2. The van der Waals surface area contributed by atoms with Crippen LogP contribution in [0.25, 0.3) is 10.9 Å². The third kappa shape index (κ3) is 6.08. The molecule has 1 aromatic carbocycles. The number of H-pyrrole nitrogens is 1. The van der Waals surface area contributed by atoms with Crippen LogP contribution >= 0.6 is 0 Å². The number of aliphatic imine (C=N–C) groups is 2. The number of ether oxygens (including phenoxy) is 1. The summed E-state index contributed by atoms with van der Waals surface area (Å²) in [6.45, 7) is 11.6. The number of guanidine groups is 1. The number of nitrogens with one attached hydrogen (secondary N) is 4. The first-order valence-electron chi connectivity index (χ1n) is 11.4. The van der Waals surface area contributed by atoms with Crippen molar-refractivity contribution in [1.82, 2.24) is 20.5 Å². The summed E-state index contributed by atoms with van der Waals surface area (Å²) in [6.07, 6.45) is 3.17. The van der Waals surface area contributed by atoms with Crippen LogP contribution < -0.4 is 16.1 Å². The van der Waals surface area contributed by atoms with Crippen LogP contribution in [0.1, 0.15) is 37.9 Å². The molecule has 4 N–H and O–H groups in total. The lowest BCUT2D eigenvalue weighted by molar-refractivity contribution is 0.0662. The van der Waals surface area contributed by atoms with E-state index in [1.165, 1.54) is 16.6 Å². The van der Waals surface area contributed by atoms with Gasteiger partial charge in [0.2, 0.25) is 5.96 Å². The molecule has 0 saturated heterocycles. The maximum Gasteiger partial charge on any atom is 0.250 e. The summed E-state index contributed by atoms with van der Waals surface area (Å²) in [6, 6.07) is 6.17. The lowest BCUT2D eigenvalue weighted by Gasteiger charge is -2.29. The number of hydrogen-bond donors (Lipinski definition) is 4. The van der Waals surface area contributed by atoms with Crippen LogP contribution in [0, 0.1) is 13.8 Å². The minimum atomic E-state index is -0.584. The molecular weight excluding hydrogens is 404 g/mol. The number of hydrazone groups is 1. The second kappa shape index (κ2) is 11.6. The Morgan fingerprint density at radius 2 is 1.97 bits per heavy atom. The van der Waals surface area contributed by atoms with Gasteiger partial charge in [0.25, 0.3) is 6.35 Å². The summed E-state index contributed by atoms with van der Waals surface area (Å²) in [5, 5.41) is 12.0. The Hall–Kier alpha value is -2.91. The molecule has 2 heterocycles. The molecule has 1 atom stereocenters. The molecule has 2 aromatic rings. The number of amidine groups is 1. The van der Waals surface area contributed by atoms with E-state index in [2.05, 4.69) is 80.9 Å². The average Bonchev–Trinajstić information content (AvgIpc) is 3.07. The van der Waals surface area contributed by atoms with Crippen LogP contribution in [0.5, 0.6) is 0 Å². The number of nitrogens with zero attached hydrogens (tertiary/aromatic N) is 4. The fourth-order valence-corrected chi connectivity index (χ4v) is 3.56. The zero-order valence-electron chi connectivity index (χ0n) is 19.8. The van der Waals surface area contributed by atoms with Crippen molar-refractivity contribution in [3.8, 4) is 0 Å². The molecule has 1 unspecified atom stereocenters. The molecule has 0 fully saturated rings. The van der Waals surface area contributed by atoms with Gasteiger partial charge in [0.05, 0.1) is 18.5 Å². The van der Waals surface area contributed by atoms with Crippen LogP contribution in [0.15, 0.2) is 33.3 Å². The lowest BCUT2D eigenvalue weighted by atomic mass is 10.1. The van der Waals surface area contributed by atoms with Crippen LogP contribution in [0.4, 0.5) is 5.69 Å². The topological polar surface area (TPSA) is 101 Å². The maximum absolute atomic E-state index is 5.83. The summed E-state index contributed by atoms with van der Waals surface area (Å²) in [5.74, 6) is 1.39. The molecule has 1 aromatic heterocycles. The Morgan fingerprint density at radius 3 is 2.69 bits per heavy atom. The molecule has 3 rings (SSSR count). The highest BCUT2D eigenvalue weighted by molar-refractivity contribution is 6.33. The van der Waals surface area contributed by atoms with E-state index >= 15 is 0 Å². The average molecular weight is 441 g/mol. The smallest absolute Gasteiger partial charge is 0.250 e. The second-order valence-electron chi connectivity index (χ2n) is 7.89. The number of aromatic nitrogens is 1. The van der Waals surface area contributed by atoms with Gasteiger partial charge in [0.15, 0.2) is 5.84 Å². The highest BCUT2D eigenvalue weighted by atomic mass is 16.5. The quantitative estimate of drug-likeness (QED) is 0.244.